The zero-order valence-corrected chi connectivity index (χ0v) is 13.9. The monoisotopic (exact) mass is 317 g/mol. The van der Waals surface area contributed by atoms with Crippen LogP contribution in [0.25, 0.3) is 0 Å². The molecule has 0 unspecified atom stereocenters. The Hall–Kier alpha value is -0.0300. The number of anilines is 1. The Labute approximate surface area is 128 Å². The fourth-order valence-electron chi connectivity index (χ4n) is 2.03. The van der Waals surface area contributed by atoms with E-state index in [0.29, 0.717) is 11.1 Å². The predicted molar refractivity (Wildman–Crippen MR) is 88.4 cm³/mol. The molecule has 1 aromatic rings. The Morgan fingerprint density at radius 3 is 2.47 bits per heavy atom. The van der Waals surface area contributed by atoms with Crippen molar-refractivity contribution >= 4 is 40.8 Å². The molecule has 1 N–H and O–H groups in total. The van der Waals surface area contributed by atoms with Crippen molar-refractivity contribution in [2.75, 3.05) is 18.0 Å². The summed E-state index contributed by atoms with van der Waals surface area (Å²) in [4.78, 5) is 2.24. The maximum atomic E-state index is 10.0. The molecule has 1 aromatic carbocycles. The number of nitrogens with zero attached hydrogens (tertiary/aromatic N) is 1. The molecule has 106 valence electrons. The lowest BCUT2D eigenvalue weighted by Crippen LogP contribution is -2.42. The van der Waals surface area contributed by atoms with Crippen LogP contribution in [-0.4, -0.2) is 33.0 Å². The molecule has 1 aliphatic rings. The molecule has 0 bridgehead atoms. The maximum absolute atomic E-state index is 10.0. The fraction of sp³-hybridized carbons (Fsp3) is 0.571. The average Bonchev–Trinajstić information content (AvgIpc) is 2.26. The van der Waals surface area contributed by atoms with Crippen LogP contribution >= 0.6 is 35.1 Å². The second kappa shape index (κ2) is 6.17. The maximum Gasteiger partial charge on any atom is 0.118 e. The molecule has 0 aliphatic carbocycles. The van der Waals surface area contributed by atoms with Crippen LogP contribution in [0.3, 0.4) is 0 Å². The van der Waals surface area contributed by atoms with Crippen molar-refractivity contribution in [2.45, 2.75) is 35.5 Å². The minimum Gasteiger partial charge on any atom is -0.381 e. The van der Waals surface area contributed by atoms with Crippen molar-refractivity contribution in [3.8, 4) is 0 Å². The lowest BCUT2D eigenvalue weighted by atomic mass is 10.3. The Morgan fingerprint density at radius 2 is 1.89 bits per heavy atom. The van der Waals surface area contributed by atoms with Crippen LogP contribution < -0.4 is 4.90 Å². The van der Waals surface area contributed by atoms with E-state index in [-0.39, 0.29) is 10.2 Å². The Bertz CT molecular complexity index is 418. The molecule has 5 heteroatoms. The molecule has 1 saturated heterocycles. The summed E-state index contributed by atoms with van der Waals surface area (Å²) in [6, 6.07) is 7.83. The third-order valence-electron chi connectivity index (χ3n) is 2.73. The Kier molecular flexibility index (Phi) is 4.99. The van der Waals surface area contributed by atoms with Gasteiger partial charge in [-0.2, -0.15) is 0 Å². The summed E-state index contributed by atoms with van der Waals surface area (Å²) in [5.74, 6) is 0. The van der Waals surface area contributed by atoms with E-state index in [1.54, 1.807) is 11.8 Å². The van der Waals surface area contributed by atoms with Gasteiger partial charge >= 0.3 is 0 Å². The SMILES string of the molecule is CC(C)(C)S[C@H]1CN(c2ccc(Cl)cc2)C[C@@H](O)S1. The molecule has 19 heavy (non-hydrogen) atoms. The first-order chi connectivity index (χ1) is 8.83. The molecule has 0 aromatic heterocycles. The van der Waals surface area contributed by atoms with E-state index in [1.165, 1.54) is 0 Å². The van der Waals surface area contributed by atoms with E-state index >= 15 is 0 Å². The van der Waals surface area contributed by atoms with E-state index < -0.39 is 0 Å². The first-order valence-electron chi connectivity index (χ1n) is 6.35. The number of hydrogen-bond acceptors (Lipinski definition) is 4. The van der Waals surface area contributed by atoms with Crippen molar-refractivity contribution in [3.05, 3.63) is 29.3 Å². The number of aliphatic hydroxyl groups excluding tert-OH is 1. The van der Waals surface area contributed by atoms with E-state index in [4.69, 9.17) is 11.6 Å². The van der Waals surface area contributed by atoms with E-state index in [9.17, 15) is 5.11 Å². The van der Waals surface area contributed by atoms with E-state index in [1.807, 2.05) is 36.0 Å². The van der Waals surface area contributed by atoms with Crippen molar-refractivity contribution in [2.24, 2.45) is 0 Å². The molecule has 1 aliphatic heterocycles. The summed E-state index contributed by atoms with van der Waals surface area (Å²) in [5, 5.41) is 10.8. The van der Waals surface area contributed by atoms with Gasteiger partial charge < -0.3 is 10.0 Å². The summed E-state index contributed by atoms with van der Waals surface area (Å²) in [7, 11) is 0. The van der Waals surface area contributed by atoms with Gasteiger partial charge in [-0.3, -0.25) is 0 Å². The molecule has 0 amide bonds. The molecule has 0 radical (unpaired) electrons. The number of halogens is 1. The van der Waals surface area contributed by atoms with Crippen LogP contribution in [-0.2, 0) is 0 Å². The summed E-state index contributed by atoms with van der Waals surface area (Å²) in [6.07, 6.45) is 0. The van der Waals surface area contributed by atoms with Gasteiger partial charge in [0.1, 0.15) is 5.44 Å². The second-order valence-electron chi connectivity index (χ2n) is 5.63. The van der Waals surface area contributed by atoms with Crippen LogP contribution in [0.4, 0.5) is 5.69 Å². The summed E-state index contributed by atoms with van der Waals surface area (Å²) < 4.78 is 0.597. The van der Waals surface area contributed by atoms with Crippen LogP contribution in [0, 0.1) is 0 Å². The minimum absolute atomic E-state index is 0.209. The third kappa shape index (κ3) is 4.78. The highest BCUT2D eigenvalue weighted by atomic mass is 35.5. The molecule has 0 saturated carbocycles. The lowest BCUT2D eigenvalue weighted by molar-refractivity contribution is 0.263. The number of aliphatic hydroxyl groups is 1. The minimum atomic E-state index is -0.329. The smallest absolute Gasteiger partial charge is 0.118 e. The average molecular weight is 318 g/mol. The number of benzene rings is 1. The molecule has 2 nitrogen and oxygen atoms in total. The van der Waals surface area contributed by atoms with Crippen molar-refractivity contribution in [1.82, 2.24) is 0 Å². The lowest BCUT2D eigenvalue weighted by Gasteiger charge is -2.38. The number of β-amino-alcohol motifs (C(OH)–C–C–N with tert-alkyl or cyclic N) is 1. The van der Waals surface area contributed by atoms with Gasteiger partial charge in [0.15, 0.2) is 0 Å². The second-order valence-corrected chi connectivity index (χ2v) is 9.78. The van der Waals surface area contributed by atoms with Gasteiger partial charge in [0.2, 0.25) is 0 Å². The number of rotatable bonds is 2. The Morgan fingerprint density at radius 1 is 1.26 bits per heavy atom. The molecule has 1 heterocycles. The first-order valence-corrected chi connectivity index (χ1v) is 8.55. The van der Waals surface area contributed by atoms with E-state index in [2.05, 4.69) is 25.7 Å². The van der Waals surface area contributed by atoms with E-state index in [0.717, 1.165) is 17.3 Å². The topological polar surface area (TPSA) is 23.5 Å². The quantitative estimate of drug-likeness (QED) is 0.888. The molecule has 1 fully saturated rings. The highest BCUT2D eigenvalue weighted by Crippen LogP contribution is 2.39. The molecular formula is C14H20ClNOS2. The number of thioether (sulfide) groups is 2. The first kappa shape index (κ1) is 15.4. The van der Waals surface area contributed by atoms with Gasteiger partial charge in [-0.05, 0) is 24.3 Å². The van der Waals surface area contributed by atoms with Gasteiger partial charge in [-0.1, -0.05) is 32.4 Å². The predicted octanol–water partition coefficient (Wildman–Crippen LogP) is 4.07. The van der Waals surface area contributed by atoms with Crippen LogP contribution in [0.5, 0.6) is 0 Å². The zero-order chi connectivity index (χ0) is 14.0. The van der Waals surface area contributed by atoms with Gasteiger partial charge in [-0.15, -0.1) is 23.5 Å². The van der Waals surface area contributed by atoms with Crippen LogP contribution in [0.2, 0.25) is 5.02 Å². The molecule has 2 rings (SSSR count). The van der Waals surface area contributed by atoms with Gasteiger partial charge in [0.25, 0.3) is 0 Å². The number of hydrogen-bond donors (Lipinski definition) is 1. The normalized spacial score (nSPS) is 24.6. The standard InChI is InChI=1S/C14H20ClNOS2/c1-14(2,3)19-13-9-16(8-12(17)18-13)11-6-4-10(15)5-7-11/h4-7,12-13,17H,8-9H2,1-3H3/t12-,13-/m0/s1. The van der Waals surface area contributed by atoms with Gasteiger partial charge in [0.05, 0.1) is 11.1 Å². The summed E-state index contributed by atoms with van der Waals surface area (Å²) >= 11 is 9.50. The van der Waals surface area contributed by atoms with Crippen molar-refractivity contribution in [3.63, 3.8) is 0 Å². The van der Waals surface area contributed by atoms with Crippen molar-refractivity contribution in [1.29, 1.82) is 0 Å². The summed E-state index contributed by atoms with van der Waals surface area (Å²) in [6.45, 7) is 8.27. The fourth-order valence-corrected chi connectivity index (χ4v) is 5.55. The largest absolute Gasteiger partial charge is 0.381 e. The van der Waals surface area contributed by atoms with Gasteiger partial charge in [-0.25, -0.2) is 0 Å². The summed E-state index contributed by atoms with van der Waals surface area (Å²) in [5.41, 5.74) is 0.799. The highest BCUT2D eigenvalue weighted by Gasteiger charge is 2.30. The Balaban J connectivity index is 2.07. The zero-order valence-electron chi connectivity index (χ0n) is 11.5. The van der Waals surface area contributed by atoms with Gasteiger partial charge in [0, 0.05) is 22.0 Å². The molecule has 0 spiro atoms. The highest BCUT2D eigenvalue weighted by molar-refractivity contribution is 8.17. The molecule has 2 atom stereocenters. The van der Waals surface area contributed by atoms with Crippen LogP contribution in [0.15, 0.2) is 24.3 Å². The van der Waals surface area contributed by atoms with Crippen molar-refractivity contribution < 1.29 is 5.11 Å². The third-order valence-corrected chi connectivity index (χ3v) is 5.64. The molecular weight excluding hydrogens is 298 g/mol. The van der Waals surface area contributed by atoms with Crippen LogP contribution in [0.1, 0.15) is 20.8 Å².